The minimum atomic E-state index is -0.124. The molecule has 0 fully saturated rings. The van der Waals surface area contributed by atoms with Crippen LogP contribution >= 0.6 is 39.0 Å². The Hall–Kier alpha value is -2.49. The molecule has 0 aliphatic rings. The molecule has 0 aliphatic carbocycles. The van der Waals surface area contributed by atoms with Crippen molar-refractivity contribution in [3.63, 3.8) is 0 Å². The van der Waals surface area contributed by atoms with Crippen molar-refractivity contribution in [2.75, 3.05) is 11.1 Å². The fraction of sp³-hybridized carbons (Fsp3) is 0.143. The first-order valence-corrected chi connectivity index (χ1v) is 11.7. The predicted octanol–water partition coefficient (Wildman–Crippen LogP) is 5.41. The van der Waals surface area contributed by atoms with Gasteiger partial charge in [0.15, 0.2) is 16.1 Å². The highest BCUT2D eigenvalue weighted by molar-refractivity contribution is 9.10. The molecule has 0 spiro atoms. The fourth-order valence-electron chi connectivity index (χ4n) is 2.89. The summed E-state index contributed by atoms with van der Waals surface area (Å²) in [7, 11) is 1.90. The van der Waals surface area contributed by atoms with Gasteiger partial charge < -0.3 is 9.88 Å². The van der Waals surface area contributed by atoms with Gasteiger partial charge in [-0.2, -0.15) is 0 Å². The molecule has 2 aromatic carbocycles. The monoisotopic (exact) mass is 499 g/mol. The zero-order valence-corrected chi connectivity index (χ0v) is 19.5. The van der Waals surface area contributed by atoms with Gasteiger partial charge in [0.05, 0.1) is 11.4 Å². The molecule has 30 heavy (non-hydrogen) atoms. The highest BCUT2D eigenvalue weighted by Gasteiger charge is 2.15. The number of nitrogens with one attached hydrogen (secondary N) is 1. The highest BCUT2D eigenvalue weighted by atomic mass is 79.9. The summed E-state index contributed by atoms with van der Waals surface area (Å²) in [6, 6.07) is 17.8. The lowest BCUT2D eigenvalue weighted by molar-refractivity contribution is -0.113. The largest absolute Gasteiger partial charge is 0.305 e. The number of rotatable bonds is 6. The molecular formula is C21H18BrN5OS2. The zero-order chi connectivity index (χ0) is 21.1. The van der Waals surface area contributed by atoms with Crippen molar-refractivity contribution < 1.29 is 4.79 Å². The van der Waals surface area contributed by atoms with Crippen molar-refractivity contribution >= 4 is 50.1 Å². The molecule has 9 heteroatoms. The summed E-state index contributed by atoms with van der Waals surface area (Å²) in [5.74, 6) is 0.862. The minimum Gasteiger partial charge on any atom is -0.305 e. The van der Waals surface area contributed by atoms with E-state index in [0.717, 1.165) is 32.0 Å². The van der Waals surface area contributed by atoms with Crippen LogP contribution in [0, 0.1) is 6.92 Å². The maximum absolute atomic E-state index is 12.4. The van der Waals surface area contributed by atoms with Crippen molar-refractivity contribution in [3.8, 4) is 22.6 Å². The summed E-state index contributed by atoms with van der Waals surface area (Å²) in [5.41, 5.74) is 2.91. The van der Waals surface area contributed by atoms with Crippen LogP contribution in [0.25, 0.3) is 22.6 Å². The summed E-state index contributed by atoms with van der Waals surface area (Å²) < 4.78 is 2.90. The van der Waals surface area contributed by atoms with Crippen LogP contribution < -0.4 is 5.32 Å². The zero-order valence-electron chi connectivity index (χ0n) is 16.3. The average molecular weight is 500 g/mol. The number of hydrogen-bond donors (Lipinski definition) is 1. The molecule has 4 rings (SSSR count). The molecule has 1 N–H and O–H groups in total. The fourth-order valence-corrected chi connectivity index (χ4v) is 4.72. The minimum absolute atomic E-state index is 0.124. The Labute approximate surface area is 190 Å². The van der Waals surface area contributed by atoms with E-state index in [-0.39, 0.29) is 11.7 Å². The van der Waals surface area contributed by atoms with Crippen LogP contribution in [0.5, 0.6) is 0 Å². The molecule has 152 valence electrons. The predicted molar refractivity (Wildman–Crippen MR) is 126 cm³/mol. The van der Waals surface area contributed by atoms with Gasteiger partial charge >= 0.3 is 0 Å². The number of carbonyl (C=O) groups excluding carboxylic acids is 1. The van der Waals surface area contributed by atoms with E-state index in [1.54, 1.807) is 0 Å². The molecule has 0 atom stereocenters. The molecule has 0 radical (unpaired) electrons. The number of thioether (sulfide) groups is 1. The van der Waals surface area contributed by atoms with Crippen LogP contribution in [-0.4, -0.2) is 31.4 Å². The van der Waals surface area contributed by atoms with E-state index in [1.165, 1.54) is 23.1 Å². The summed E-state index contributed by atoms with van der Waals surface area (Å²) in [5, 5.41) is 12.7. The SMILES string of the molecule is Cc1sc(NC(=O)CSc2nnc(-c3ccc(Br)cc3)n2C)nc1-c1ccccc1. The number of carbonyl (C=O) groups is 1. The van der Waals surface area contributed by atoms with E-state index in [9.17, 15) is 4.79 Å². The maximum Gasteiger partial charge on any atom is 0.236 e. The van der Waals surface area contributed by atoms with Gasteiger partial charge in [-0.25, -0.2) is 4.98 Å². The van der Waals surface area contributed by atoms with Crippen molar-refractivity contribution in [1.82, 2.24) is 19.7 Å². The average Bonchev–Trinajstić information content (AvgIpc) is 3.30. The number of hydrogen-bond acceptors (Lipinski definition) is 6. The smallest absolute Gasteiger partial charge is 0.236 e. The summed E-state index contributed by atoms with van der Waals surface area (Å²) >= 11 is 6.25. The van der Waals surface area contributed by atoms with E-state index in [2.05, 4.69) is 36.4 Å². The Balaban J connectivity index is 1.40. The van der Waals surface area contributed by atoms with Gasteiger partial charge in [-0.15, -0.1) is 21.5 Å². The summed E-state index contributed by atoms with van der Waals surface area (Å²) in [6.07, 6.45) is 0. The van der Waals surface area contributed by atoms with E-state index in [4.69, 9.17) is 0 Å². The van der Waals surface area contributed by atoms with Crippen molar-refractivity contribution in [2.45, 2.75) is 12.1 Å². The van der Waals surface area contributed by atoms with Gasteiger partial charge in [0, 0.05) is 27.5 Å². The van der Waals surface area contributed by atoms with Crippen LogP contribution in [0.2, 0.25) is 0 Å². The molecule has 2 aromatic heterocycles. The van der Waals surface area contributed by atoms with E-state index in [0.29, 0.717) is 10.3 Å². The molecule has 2 heterocycles. The normalized spacial score (nSPS) is 10.9. The van der Waals surface area contributed by atoms with Crippen LogP contribution in [-0.2, 0) is 11.8 Å². The number of aryl methyl sites for hydroxylation is 1. The third-order valence-corrected chi connectivity index (χ3v) is 6.79. The molecule has 0 unspecified atom stereocenters. The Kier molecular flexibility index (Phi) is 6.31. The van der Waals surface area contributed by atoms with Crippen molar-refractivity contribution in [2.24, 2.45) is 7.05 Å². The van der Waals surface area contributed by atoms with Crippen LogP contribution in [0.4, 0.5) is 5.13 Å². The first kappa shape index (κ1) is 20.8. The Morgan fingerprint density at radius 2 is 1.83 bits per heavy atom. The summed E-state index contributed by atoms with van der Waals surface area (Å²) in [4.78, 5) is 18.1. The second-order valence-corrected chi connectivity index (χ2v) is 9.56. The van der Waals surface area contributed by atoms with Crippen LogP contribution in [0.1, 0.15) is 4.88 Å². The molecule has 1 amide bonds. The number of benzene rings is 2. The van der Waals surface area contributed by atoms with E-state index < -0.39 is 0 Å². The Bertz CT molecular complexity index is 1170. The lowest BCUT2D eigenvalue weighted by Gasteiger charge is -2.04. The van der Waals surface area contributed by atoms with Gasteiger partial charge in [-0.05, 0) is 19.1 Å². The van der Waals surface area contributed by atoms with Crippen molar-refractivity contribution in [3.05, 3.63) is 63.9 Å². The molecule has 0 aliphatic heterocycles. The molecule has 4 aromatic rings. The molecule has 6 nitrogen and oxygen atoms in total. The standard InChI is InChI=1S/C21H18BrN5OS2/c1-13-18(14-6-4-3-5-7-14)24-20(30-13)23-17(28)12-29-21-26-25-19(27(21)2)15-8-10-16(22)11-9-15/h3-11H,12H2,1-2H3,(H,23,24,28). The first-order valence-electron chi connectivity index (χ1n) is 9.12. The summed E-state index contributed by atoms with van der Waals surface area (Å²) in [6.45, 7) is 2.01. The second-order valence-electron chi connectivity index (χ2n) is 6.50. The first-order chi connectivity index (χ1) is 14.5. The third-order valence-electron chi connectivity index (χ3n) is 4.36. The number of aromatic nitrogens is 4. The Morgan fingerprint density at radius 1 is 1.10 bits per heavy atom. The number of thiazole rings is 1. The third kappa shape index (κ3) is 4.63. The quantitative estimate of drug-likeness (QED) is 0.359. The maximum atomic E-state index is 12.4. The number of nitrogens with zero attached hydrogens (tertiary/aromatic N) is 4. The number of halogens is 1. The number of anilines is 1. The highest BCUT2D eigenvalue weighted by Crippen LogP contribution is 2.30. The second kappa shape index (κ2) is 9.11. The molecular weight excluding hydrogens is 482 g/mol. The van der Waals surface area contributed by atoms with Gasteiger partial charge in [0.2, 0.25) is 5.91 Å². The topological polar surface area (TPSA) is 72.7 Å². The van der Waals surface area contributed by atoms with Gasteiger partial charge in [-0.3, -0.25) is 4.79 Å². The lowest BCUT2D eigenvalue weighted by atomic mass is 10.1. The van der Waals surface area contributed by atoms with Gasteiger partial charge in [0.25, 0.3) is 0 Å². The Morgan fingerprint density at radius 3 is 2.57 bits per heavy atom. The van der Waals surface area contributed by atoms with Gasteiger partial charge in [-0.1, -0.05) is 70.2 Å². The molecule has 0 bridgehead atoms. The number of amides is 1. The van der Waals surface area contributed by atoms with Gasteiger partial charge in [0.1, 0.15) is 0 Å². The van der Waals surface area contributed by atoms with Crippen LogP contribution in [0.15, 0.2) is 64.2 Å². The molecule has 0 saturated heterocycles. The van der Waals surface area contributed by atoms with Crippen LogP contribution in [0.3, 0.4) is 0 Å². The lowest BCUT2D eigenvalue weighted by Crippen LogP contribution is -2.14. The van der Waals surface area contributed by atoms with E-state index in [1.807, 2.05) is 73.1 Å². The van der Waals surface area contributed by atoms with Crippen molar-refractivity contribution in [1.29, 1.82) is 0 Å². The molecule has 0 saturated carbocycles. The van der Waals surface area contributed by atoms with E-state index >= 15 is 0 Å².